The fourth-order valence-corrected chi connectivity index (χ4v) is 4.67. The first-order chi connectivity index (χ1) is 16.5. The van der Waals surface area contributed by atoms with E-state index in [1.165, 1.54) is 0 Å². The van der Waals surface area contributed by atoms with Gasteiger partial charge in [0, 0.05) is 32.1 Å². The molecule has 2 aromatic carbocycles. The molecule has 0 radical (unpaired) electrons. The number of aryl methyl sites for hydroxylation is 1. The monoisotopic (exact) mass is 461 g/mol. The Morgan fingerprint density at radius 1 is 1.06 bits per heavy atom. The van der Waals surface area contributed by atoms with Gasteiger partial charge in [-0.05, 0) is 68.8 Å². The van der Waals surface area contributed by atoms with E-state index in [4.69, 9.17) is 9.47 Å². The molecule has 1 aliphatic carbocycles. The Morgan fingerprint density at radius 3 is 2.50 bits per heavy atom. The van der Waals surface area contributed by atoms with E-state index in [0.29, 0.717) is 12.3 Å². The number of ether oxygens (including phenoxy) is 2. The lowest BCUT2D eigenvalue weighted by Crippen LogP contribution is -2.37. The van der Waals surface area contributed by atoms with Crippen LogP contribution in [0.25, 0.3) is 33.2 Å². The van der Waals surface area contributed by atoms with Crippen LogP contribution in [0.1, 0.15) is 25.3 Å². The molecule has 1 saturated carbocycles. The SMILES string of the molecule is CO[C@H]1C[C@@H](n2c(=O)n(C)c3nnc4ccc(-c5ccc(OCCCN(C)C)cc5)cc4c32)C1. The second-order valence-electron chi connectivity index (χ2n) is 9.33. The summed E-state index contributed by atoms with van der Waals surface area (Å²) in [6.45, 7) is 1.70. The molecule has 0 aliphatic heterocycles. The molecule has 0 atom stereocenters. The molecule has 1 fully saturated rings. The highest BCUT2D eigenvalue weighted by molar-refractivity contribution is 6.02. The van der Waals surface area contributed by atoms with Crippen LogP contribution in [0.2, 0.25) is 0 Å². The zero-order valence-corrected chi connectivity index (χ0v) is 20.2. The van der Waals surface area contributed by atoms with E-state index in [0.717, 1.165) is 59.1 Å². The zero-order valence-electron chi connectivity index (χ0n) is 20.2. The molecule has 2 heterocycles. The number of fused-ring (bicyclic) bond motifs is 3. The summed E-state index contributed by atoms with van der Waals surface area (Å²) in [4.78, 5) is 15.3. The van der Waals surface area contributed by atoms with Crippen molar-refractivity contribution in [3.8, 4) is 16.9 Å². The molecular weight excluding hydrogens is 430 g/mol. The summed E-state index contributed by atoms with van der Waals surface area (Å²) in [6, 6.07) is 14.4. The lowest BCUT2D eigenvalue weighted by Gasteiger charge is -2.34. The van der Waals surface area contributed by atoms with Gasteiger partial charge in [0.1, 0.15) is 11.3 Å². The second kappa shape index (κ2) is 9.19. The highest BCUT2D eigenvalue weighted by Crippen LogP contribution is 2.37. The standard InChI is InChI=1S/C26H31N5O3/c1-29(2)12-5-13-34-20-9-6-17(7-10-20)18-8-11-23-22(14-18)24-25(28-27-23)30(3)26(32)31(24)19-15-21(16-19)33-4/h6-11,14,19,21H,5,12-13,15-16H2,1-4H3/t19-,21+. The van der Waals surface area contributed by atoms with Crippen LogP contribution in [0, 0.1) is 0 Å². The van der Waals surface area contributed by atoms with Crippen molar-refractivity contribution in [3.63, 3.8) is 0 Å². The predicted molar refractivity (Wildman–Crippen MR) is 133 cm³/mol. The number of rotatable bonds is 8. The first-order valence-electron chi connectivity index (χ1n) is 11.7. The Labute approximate surface area is 198 Å². The minimum Gasteiger partial charge on any atom is -0.494 e. The summed E-state index contributed by atoms with van der Waals surface area (Å²) in [5.41, 5.74) is 4.32. The van der Waals surface area contributed by atoms with Gasteiger partial charge in [-0.15, -0.1) is 10.2 Å². The average molecular weight is 462 g/mol. The van der Waals surface area contributed by atoms with Crippen molar-refractivity contribution in [1.82, 2.24) is 24.2 Å². The molecule has 0 saturated heterocycles. The minimum atomic E-state index is -0.0578. The molecule has 0 unspecified atom stereocenters. The van der Waals surface area contributed by atoms with E-state index in [2.05, 4.69) is 47.4 Å². The summed E-state index contributed by atoms with van der Waals surface area (Å²) in [5, 5.41) is 9.70. The maximum atomic E-state index is 13.1. The molecule has 0 amide bonds. The normalized spacial score (nSPS) is 18.0. The molecule has 8 heteroatoms. The first kappa shape index (κ1) is 22.6. The van der Waals surface area contributed by atoms with E-state index in [9.17, 15) is 4.79 Å². The van der Waals surface area contributed by atoms with E-state index in [1.807, 2.05) is 28.8 Å². The van der Waals surface area contributed by atoms with Crippen LogP contribution in [-0.4, -0.2) is 64.7 Å². The van der Waals surface area contributed by atoms with Gasteiger partial charge in [-0.2, -0.15) is 0 Å². The predicted octanol–water partition coefficient (Wildman–Crippen LogP) is 3.63. The molecule has 0 bridgehead atoms. The molecule has 0 spiro atoms. The lowest BCUT2D eigenvalue weighted by atomic mass is 9.89. The van der Waals surface area contributed by atoms with E-state index in [1.54, 1.807) is 18.7 Å². The van der Waals surface area contributed by atoms with Crippen LogP contribution < -0.4 is 10.4 Å². The molecule has 8 nitrogen and oxygen atoms in total. The van der Waals surface area contributed by atoms with Gasteiger partial charge in [-0.25, -0.2) is 4.79 Å². The quantitative estimate of drug-likeness (QED) is 0.373. The average Bonchev–Trinajstić information content (AvgIpc) is 3.07. The smallest absolute Gasteiger partial charge is 0.330 e. The van der Waals surface area contributed by atoms with Gasteiger partial charge >= 0.3 is 5.69 Å². The molecule has 5 rings (SSSR count). The van der Waals surface area contributed by atoms with E-state index in [-0.39, 0.29) is 17.8 Å². The zero-order chi connectivity index (χ0) is 23.8. The molecule has 2 aromatic heterocycles. The number of methoxy groups -OCH3 is 1. The summed E-state index contributed by atoms with van der Waals surface area (Å²) in [5.74, 6) is 0.867. The summed E-state index contributed by atoms with van der Waals surface area (Å²) >= 11 is 0. The van der Waals surface area contributed by atoms with Crippen LogP contribution in [-0.2, 0) is 11.8 Å². The highest BCUT2D eigenvalue weighted by atomic mass is 16.5. The van der Waals surface area contributed by atoms with Gasteiger partial charge in [0.05, 0.1) is 18.2 Å². The second-order valence-corrected chi connectivity index (χ2v) is 9.33. The fraction of sp³-hybridized carbons (Fsp3) is 0.423. The van der Waals surface area contributed by atoms with Crippen molar-refractivity contribution in [2.24, 2.45) is 7.05 Å². The third-order valence-electron chi connectivity index (χ3n) is 6.74. The van der Waals surface area contributed by atoms with Crippen molar-refractivity contribution in [2.45, 2.75) is 31.4 Å². The van der Waals surface area contributed by atoms with E-state index >= 15 is 0 Å². The molecule has 178 valence electrons. The Morgan fingerprint density at radius 2 is 1.79 bits per heavy atom. The third-order valence-corrected chi connectivity index (χ3v) is 6.74. The number of benzene rings is 2. The van der Waals surface area contributed by atoms with Gasteiger partial charge in [-0.1, -0.05) is 18.2 Å². The van der Waals surface area contributed by atoms with Gasteiger partial charge < -0.3 is 14.4 Å². The number of nitrogens with zero attached hydrogens (tertiary/aromatic N) is 5. The van der Waals surface area contributed by atoms with Gasteiger partial charge in [0.15, 0.2) is 5.65 Å². The first-order valence-corrected chi connectivity index (χ1v) is 11.7. The Balaban J connectivity index is 1.48. The summed E-state index contributed by atoms with van der Waals surface area (Å²) in [7, 11) is 7.61. The van der Waals surface area contributed by atoms with Crippen LogP contribution in [0.15, 0.2) is 47.3 Å². The van der Waals surface area contributed by atoms with Crippen LogP contribution in [0.3, 0.4) is 0 Å². The summed E-state index contributed by atoms with van der Waals surface area (Å²) in [6.07, 6.45) is 2.85. The molecule has 34 heavy (non-hydrogen) atoms. The number of hydrogen-bond donors (Lipinski definition) is 0. The van der Waals surface area contributed by atoms with Crippen LogP contribution in [0.5, 0.6) is 5.75 Å². The number of hydrogen-bond acceptors (Lipinski definition) is 6. The maximum absolute atomic E-state index is 13.1. The van der Waals surface area contributed by atoms with Gasteiger partial charge in [0.2, 0.25) is 0 Å². The highest BCUT2D eigenvalue weighted by Gasteiger charge is 2.34. The molecule has 4 aromatic rings. The Kier molecular flexibility index (Phi) is 6.10. The largest absolute Gasteiger partial charge is 0.494 e. The molecular formula is C26H31N5O3. The van der Waals surface area contributed by atoms with Gasteiger partial charge in [-0.3, -0.25) is 9.13 Å². The lowest BCUT2D eigenvalue weighted by molar-refractivity contribution is 0.00635. The van der Waals surface area contributed by atoms with Crippen LogP contribution in [0.4, 0.5) is 0 Å². The Hall–Kier alpha value is -3.23. The molecule has 1 aliphatic rings. The van der Waals surface area contributed by atoms with Crippen molar-refractivity contribution in [1.29, 1.82) is 0 Å². The van der Waals surface area contributed by atoms with Gasteiger partial charge in [0.25, 0.3) is 0 Å². The van der Waals surface area contributed by atoms with Crippen molar-refractivity contribution in [3.05, 3.63) is 52.9 Å². The van der Waals surface area contributed by atoms with E-state index < -0.39 is 0 Å². The number of aromatic nitrogens is 4. The maximum Gasteiger partial charge on any atom is 0.330 e. The Bertz CT molecular complexity index is 1370. The molecule has 0 N–H and O–H groups in total. The fourth-order valence-electron chi connectivity index (χ4n) is 4.67. The summed E-state index contributed by atoms with van der Waals surface area (Å²) < 4.78 is 14.8. The van der Waals surface area contributed by atoms with Crippen molar-refractivity contribution < 1.29 is 9.47 Å². The third kappa shape index (κ3) is 4.08. The topological polar surface area (TPSA) is 74.4 Å². The van der Waals surface area contributed by atoms with Crippen molar-refractivity contribution in [2.75, 3.05) is 34.4 Å². The van der Waals surface area contributed by atoms with Crippen molar-refractivity contribution >= 4 is 22.1 Å². The number of imidazole rings is 1. The minimum absolute atomic E-state index is 0.0578. The van der Waals surface area contributed by atoms with Crippen LogP contribution >= 0.6 is 0 Å².